The molecule has 0 aliphatic carbocycles. The highest BCUT2D eigenvalue weighted by Crippen LogP contribution is 2.28. The fraction of sp³-hybridized carbons (Fsp3) is 0.316. The number of carbonyl (C=O) groups excluding carboxylic acids is 1. The van der Waals surface area contributed by atoms with Gasteiger partial charge < -0.3 is 5.32 Å². The molecule has 0 bridgehead atoms. The van der Waals surface area contributed by atoms with Crippen LogP contribution in [0.5, 0.6) is 0 Å². The summed E-state index contributed by atoms with van der Waals surface area (Å²) < 4.78 is 41.1. The lowest BCUT2D eigenvalue weighted by Crippen LogP contribution is -2.21. The van der Waals surface area contributed by atoms with Gasteiger partial charge in [0.05, 0.1) is 23.6 Å². The van der Waals surface area contributed by atoms with Gasteiger partial charge in [-0.1, -0.05) is 23.7 Å². The highest BCUT2D eigenvalue weighted by molar-refractivity contribution is 6.30. The van der Waals surface area contributed by atoms with Gasteiger partial charge in [-0.2, -0.15) is 23.4 Å². The number of hydrogen-bond acceptors (Lipinski definition) is 3. The first-order valence-electron chi connectivity index (χ1n) is 8.74. The summed E-state index contributed by atoms with van der Waals surface area (Å²) in [5, 5.41) is 11.3. The minimum atomic E-state index is -4.55. The van der Waals surface area contributed by atoms with Crippen molar-refractivity contribution < 1.29 is 18.0 Å². The van der Waals surface area contributed by atoms with Crippen LogP contribution in [0.15, 0.2) is 30.3 Å². The molecule has 0 spiro atoms. The molecule has 3 aromatic rings. The van der Waals surface area contributed by atoms with Crippen LogP contribution in [0.3, 0.4) is 0 Å². The van der Waals surface area contributed by atoms with Crippen molar-refractivity contribution in [1.82, 2.24) is 19.6 Å². The molecule has 0 saturated carbocycles. The number of nitrogens with zero attached hydrogens (tertiary/aromatic N) is 4. The molecule has 154 valence electrons. The van der Waals surface area contributed by atoms with Crippen LogP contribution in [0.25, 0.3) is 0 Å². The van der Waals surface area contributed by atoms with Gasteiger partial charge >= 0.3 is 6.18 Å². The van der Waals surface area contributed by atoms with E-state index in [4.69, 9.17) is 11.6 Å². The molecule has 0 fully saturated rings. The van der Waals surface area contributed by atoms with Crippen molar-refractivity contribution in [2.24, 2.45) is 0 Å². The molecule has 10 heteroatoms. The Balaban J connectivity index is 1.73. The second-order valence-electron chi connectivity index (χ2n) is 6.70. The van der Waals surface area contributed by atoms with Gasteiger partial charge in [0.1, 0.15) is 6.54 Å². The van der Waals surface area contributed by atoms with Crippen LogP contribution in [0.2, 0.25) is 5.02 Å². The number of hydrogen-bond donors (Lipinski definition) is 1. The summed E-state index contributed by atoms with van der Waals surface area (Å²) in [4.78, 5) is 12.4. The summed E-state index contributed by atoms with van der Waals surface area (Å²) in [6, 6.07) is 8.25. The van der Waals surface area contributed by atoms with Crippen molar-refractivity contribution in [3.63, 3.8) is 0 Å². The molecule has 6 nitrogen and oxygen atoms in total. The van der Waals surface area contributed by atoms with E-state index in [9.17, 15) is 18.0 Å². The number of anilines is 1. The van der Waals surface area contributed by atoms with E-state index < -0.39 is 17.8 Å². The summed E-state index contributed by atoms with van der Waals surface area (Å²) in [7, 11) is 0. The van der Waals surface area contributed by atoms with Gasteiger partial charge in [0.25, 0.3) is 0 Å². The quantitative estimate of drug-likeness (QED) is 0.660. The van der Waals surface area contributed by atoms with Crippen LogP contribution in [-0.4, -0.2) is 25.5 Å². The Morgan fingerprint density at radius 2 is 1.76 bits per heavy atom. The van der Waals surface area contributed by atoms with Gasteiger partial charge in [0.15, 0.2) is 5.69 Å². The van der Waals surface area contributed by atoms with Gasteiger partial charge in [-0.15, -0.1) is 0 Å². The lowest BCUT2D eigenvalue weighted by atomic mass is 10.2. The number of aromatic nitrogens is 4. The maximum Gasteiger partial charge on any atom is 0.435 e. The Bertz CT molecular complexity index is 1040. The van der Waals surface area contributed by atoms with Crippen molar-refractivity contribution in [1.29, 1.82) is 0 Å². The zero-order chi connectivity index (χ0) is 21.3. The van der Waals surface area contributed by atoms with Crippen LogP contribution in [0, 0.1) is 20.8 Å². The summed E-state index contributed by atoms with van der Waals surface area (Å²) in [6.07, 6.45) is -4.55. The van der Waals surface area contributed by atoms with E-state index in [0.29, 0.717) is 22.9 Å². The third-order valence-electron chi connectivity index (χ3n) is 4.46. The average molecular weight is 426 g/mol. The van der Waals surface area contributed by atoms with E-state index in [-0.39, 0.29) is 12.2 Å². The van der Waals surface area contributed by atoms with Crippen LogP contribution in [0.4, 0.5) is 18.9 Å². The minimum Gasteiger partial charge on any atom is -0.321 e. The molecule has 0 aliphatic heterocycles. The lowest BCUT2D eigenvalue weighted by Gasteiger charge is -2.08. The van der Waals surface area contributed by atoms with Crippen molar-refractivity contribution >= 4 is 23.2 Å². The molecular weight excluding hydrogens is 407 g/mol. The van der Waals surface area contributed by atoms with Gasteiger partial charge in [0, 0.05) is 10.7 Å². The molecule has 0 aliphatic rings. The molecule has 0 radical (unpaired) electrons. The Kier molecular flexibility index (Phi) is 5.70. The zero-order valence-electron chi connectivity index (χ0n) is 16.0. The van der Waals surface area contributed by atoms with Crippen LogP contribution < -0.4 is 5.32 Å². The average Bonchev–Trinajstić information content (AvgIpc) is 3.12. The van der Waals surface area contributed by atoms with Crippen molar-refractivity contribution in [2.45, 2.75) is 40.0 Å². The Morgan fingerprint density at radius 1 is 1.10 bits per heavy atom. The Labute approximate surface area is 170 Å². The third kappa shape index (κ3) is 4.79. The molecule has 1 amide bonds. The largest absolute Gasteiger partial charge is 0.435 e. The topological polar surface area (TPSA) is 64.7 Å². The molecule has 0 atom stereocenters. The van der Waals surface area contributed by atoms with Crippen LogP contribution >= 0.6 is 11.6 Å². The SMILES string of the molecule is Cc1nn(Cc2ccc(Cl)cc2)c(C)c1NC(=O)Cn1nc(C(F)(F)F)cc1C. The van der Waals surface area contributed by atoms with Gasteiger partial charge in [-0.05, 0) is 44.5 Å². The van der Waals surface area contributed by atoms with Crippen LogP contribution in [0.1, 0.15) is 28.3 Å². The number of aryl methyl sites for hydroxylation is 2. The Hall–Kier alpha value is -2.81. The maximum atomic E-state index is 12.8. The number of rotatable bonds is 5. The van der Waals surface area contributed by atoms with Gasteiger partial charge in [-0.3, -0.25) is 14.2 Å². The molecule has 2 heterocycles. The first kappa shape index (κ1) is 20.9. The van der Waals surface area contributed by atoms with Gasteiger partial charge in [0.2, 0.25) is 5.91 Å². The van der Waals surface area contributed by atoms with E-state index in [2.05, 4.69) is 15.5 Å². The number of amides is 1. The Morgan fingerprint density at radius 3 is 2.34 bits per heavy atom. The number of alkyl halides is 3. The van der Waals surface area contributed by atoms with E-state index in [1.165, 1.54) is 6.92 Å². The summed E-state index contributed by atoms with van der Waals surface area (Å²) in [6.45, 7) is 5.20. The summed E-state index contributed by atoms with van der Waals surface area (Å²) in [5.41, 5.74) is 2.09. The zero-order valence-corrected chi connectivity index (χ0v) is 16.8. The molecule has 2 aromatic heterocycles. The number of benzene rings is 1. The van der Waals surface area contributed by atoms with Crippen LogP contribution in [-0.2, 0) is 24.1 Å². The standard InChI is InChI=1S/C19H19ClF3N5O/c1-11-8-16(19(21,22)23)26-27(11)10-17(29)24-18-12(2)25-28(13(18)3)9-14-4-6-15(20)7-5-14/h4-8H,9-10H2,1-3H3,(H,24,29). The maximum absolute atomic E-state index is 12.8. The second kappa shape index (κ2) is 7.90. The third-order valence-corrected chi connectivity index (χ3v) is 4.71. The van der Waals surface area contributed by atoms with Crippen molar-refractivity contribution in [2.75, 3.05) is 5.32 Å². The van der Waals surface area contributed by atoms with E-state index in [0.717, 1.165) is 22.0 Å². The first-order valence-corrected chi connectivity index (χ1v) is 9.12. The molecule has 1 aromatic carbocycles. The molecule has 0 saturated heterocycles. The number of halogens is 4. The monoisotopic (exact) mass is 425 g/mol. The van der Waals surface area contributed by atoms with Crippen molar-refractivity contribution in [3.05, 3.63) is 63.7 Å². The summed E-state index contributed by atoms with van der Waals surface area (Å²) >= 11 is 5.90. The van der Waals surface area contributed by atoms with E-state index >= 15 is 0 Å². The highest BCUT2D eigenvalue weighted by atomic mass is 35.5. The van der Waals surface area contributed by atoms with Crippen molar-refractivity contribution in [3.8, 4) is 0 Å². The normalized spacial score (nSPS) is 11.7. The summed E-state index contributed by atoms with van der Waals surface area (Å²) in [5.74, 6) is -0.484. The molecule has 1 N–H and O–H groups in total. The fourth-order valence-corrected chi connectivity index (χ4v) is 3.04. The molecule has 3 rings (SSSR count). The first-order chi connectivity index (χ1) is 13.5. The highest BCUT2D eigenvalue weighted by Gasteiger charge is 2.34. The number of carbonyl (C=O) groups is 1. The molecule has 0 unspecified atom stereocenters. The fourth-order valence-electron chi connectivity index (χ4n) is 2.92. The predicted octanol–water partition coefficient (Wildman–Crippen LogP) is 4.36. The van der Waals surface area contributed by atoms with Gasteiger partial charge in [-0.25, -0.2) is 0 Å². The lowest BCUT2D eigenvalue weighted by molar-refractivity contribution is -0.141. The van der Waals surface area contributed by atoms with E-state index in [1.807, 2.05) is 19.1 Å². The molecular formula is C19H19ClF3N5O. The number of nitrogens with one attached hydrogen (secondary N) is 1. The smallest absolute Gasteiger partial charge is 0.321 e. The minimum absolute atomic E-state index is 0.249. The van der Waals surface area contributed by atoms with E-state index in [1.54, 1.807) is 23.7 Å². The predicted molar refractivity (Wildman–Crippen MR) is 103 cm³/mol. The molecule has 29 heavy (non-hydrogen) atoms. The second-order valence-corrected chi connectivity index (χ2v) is 7.14.